The lowest BCUT2D eigenvalue weighted by Crippen LogP contribution is -2.51. The second-order valence-electron chi connectivity index (χ2n) is 6.07. The summed E-state index contributed by atoms with van der Waals surface area (Å²) in [5.74, 6) is -0.165. The van der Waals surface area contributed by atoms with Gasteiger partial charge in [-0.3, -0.25) is 4.79 Å². The maximum absolute atomic E-state index is 12.2. The summed E-state index contributed by atoms with van der Waals surface area (Å²) in [6.45, 7) is 6.06. The predicted molar refractivity (Wildman–Crippen MR) is 82.6 cm³/mol. The van der Waals surface area contributed by atoms with Gasteiger partial charge in [0.05, 0.1) is 13.2 Å². The first-order chi connectivity index (χ1) is 10.8. The van der Waals surface area contributed by atoms with Gasteiger partial charge in [0, 0.05) is 18.9 Å². The quantitative estimate of drug-likeness (QED) is 0.819. The maximum Gasteiger partial charge on any atom is 0.410 e. The summed E-state index contributed by atoms with van der Waals surface area (Å²) < 4.78 is 10.7. The normalized spacial score (nSPS) is 18.4. The number of amides is 2. The van der Waals surface area contributed by atoms with E-state index in [0.717, 1.165) is 0 Å². The summed E-state index contributed by atoms with van der Waals surface area (Å²) in [5, 5.41) is 2.55. The molecule has 0 unspecified atom stereocenters. The van der Waals surface area contributed by atoms with E-state index < -0.39 is 23.7 Å². The first-order valence-electron chi connectivity index (χ1n) is 7.23. The monoisotopic (exact) mass is 323 g/mol. The molecule has 9 nitrogen and oxygen atoms in total. The van der Waals surface area contributed by atoms with Crippen LogP contribution in [0, 0.1) is 0 Å². The highest BCUT2D eigenvalue weighted by molar-refractivity contribution is 5.95. The van der Waals surface area contributed by atoms with Crippen molar-refractivity contribution in [2.45, 2.75) is 32.5 Å². The van der Waals surface area contributed by atoms with Crippen LogP contribution in [0.25, 0.3) is 0 Å². The van der Waals surface area contributed by atoms with E-state index in [4.69, 9.17) is 15.2 Å². The second kappa shape index (κ2) is 6.78. The van der Waals surface area contributed by atoms with Crippen molar-refractivity contribution >= 4 is 23.6 Å². The minimum Gasteiger partial charge on any atom is -0.444 e. The lowest BCUT2D eigenvalue weighted by Gasteiger charge is -2.33. The highest BCUT2D eigenvalue weighted by Crippen LogP contribution is 2.15. The first kappa shape index (κ1) is 16.9. The van der Waals surface area contributed by atoms with Gasteiger partial charge in [-0.25, -0.2) is 14.8 Å². The van der Waals surface area contributed by atoms with Crippen molar-refractivity contribution in [3.63, 3.8) is 0 Å². The van der Waals surface area contributed by atoms with Crippen LogP contribution in [-0.2, 0) is 14.3 Å². The summed E-state index contributed by atoms with van der Waals surface area (Å²) >= 11 is 0. The molecule has 2 amide bonds. The Hall–Kier alpha value is -2.42. The summed E-state index contributed by atoms with van der Waals surface area (Å²) in [7, 11) is 0. The van der Waals surface area contributed by atoms with Gasteiger partial charge in [0.2, 0.25) is 0 Å². The van der Waals surface area contributed by atoms with Crippen LogP contribution >= 0.6 is 0 Å². The van der Waals surface area contributed by atoms with Gasteiger partial charge < -0.3 is 25.4 Å². The Labute approximate surface area is 134 Å². The molecule has 0 saturated carbocycles. The van der Waals surface area contributed by atoms with Crippen LogP contribution < -0.4 is 11.1 Å². The Kier molecular flexibility index (Phi) is 4.99. The van der Waals surface area contributed by atoms with Crippen LogP contribution in [0.15, 0.2) is 12.4 Å². The van der Waals surface area contributed by atoms with Crippen molar-refractivity contribution < 1.29 is 19.1 Å². The van der Waals surface area contributed by atoms with Crippen LogP contribution in [0.5, 0.6) is 0 Å². The molecular formula is C14H21N5O4. The third-order valence-corrected chi connectivity index (χ3v) is 2.98. The van der Waals surface area contributed by atoms with E-state index in [0.29, 0.717) is 6.54 Å². The average Bonchev–Trinajstić information content (AvgIpc) is 2.48. The number of nitrogens with zero attached hydrogens (tertiary/aromatic N) is 3. The van der Waals surface area contributed by atoms with E-state index in [1.165, 1.54) is 17.3 Å². The molecule has 126 valence electrons. The Morgan fingerprint density at radius 1 is 1.39 bits per heavy atom. The van der Waals surface area contributed by atoms with Gasteiger partial charge in [0.15, 0.2) is 17.7 Å². The van der Waals surface area contributed by atoms with Gasteiger partial charge in [-0.05, 0) is 20.8 Å². The zero-order valence-electron chi connectivity index (χ0n) is 13.4. The zero-order valence-corrected chi connectivity index (χ0v) is 13.4. The van der Waals surface area contributed by atoms with Crippen LogP contribution in [0.3, 0.4) is 0 Å². The van der Waals surface area contributed by atoms with Crippen molar-refractivity contribution in [1.29, 1.82) is 0 Å². The molecule has 0 aliphatic carbocycles. The number of carbonyl (C=O) groups is 2. The van der Waals surface area contributed by atoms with Crippen molar-refractivity contribution in [3.8, 4) is 0 Å². The van der Waals surface area contributed by atoms with E-state index >= 15 is 0 Å². The average molecular weight is 323 g/mol. The number of ether oxygens (including phenoxy) is 2. The van der Waals surface area contributed by atoms with Crippen LogP contribution in [0.4, 0.5) is 16.4 Å². The number of carbonyl (C=O) groups excluding carboxylic acids is 2. The summed E-state index contributed by atoms with van der Waals surface area (Å²) in [6, 6.07) is 0. The highest BCUT2D eigenvalue weighted by atomic mass is 16.6. The van der Waals surface area contributed by atoms with Gasteiger partial charge in [-0.15, -0.1) is 0 Å². The SMILES string of the molecule is CC(C)(C)OC(=O)N1CCO[C@H](C(=O)Nc2nccnc2N)C1. The van der Waals surface area contributed by atoms with E-state index in [1.54, 1.807) is 20.8 Å². The predicted octanol–water partition coefficient (Wildman–Crippen LogP) is 0.633. The molecule has 9 heteroatoms. The summed E-state index contributed by atoms with van der Waals surface area (Å²) in [5.41, 5.74) is 5.03. The third kappa shape index (κ3) is 4.78. The van der Waals surface area contributed by atoms with E-state index in [2.05, 4.69) is 15.3 Å². The fraction of sp³-hybridized carbons (Fsp3) is 0.571. The second-order valence-corrected chi connectivity index (χ2v) is 6.07. The highest BCUT2D eigenvalue weighted by Gasteiger charge is 2.32. The standard InChI is InChI=1S/C14H21N5O4/c1-14(2,3)23-13(21)19-6-7-22-9(8-19)12(20)18-11-10(15)16-4-5-17-11/h4-5,9H,6-8H2,1-3H3,(H2,15,16)(H,17,18,20)/t9-/m0/s1. The molecule has 1 saturated heterocycles. The molecule has 1 aromatic heterocycles. The maximum atomic E-state index is 12.2. The van der Waals surface area contributed by atoms with Crippen molar-refractivity contribution in [2.24, 2.45) is 0 Å². The molecule has 1 fully saturated rings. The number of aromatic nitrogens is 2. The van der Waals surface area contributed by atoms with Crippen molar-refractivity contribution in [3.05, 3.63) is 12.4 Å². The smallest absolute Gasteiger partial charge is 0.410 e. The third-order valence-electron chi connectivity index (χ3n) is 2.98. The van der Waals surface area contributed by atoms with E-state index in [1.807, 2.05) is 0 Å². The fourth-order valence-electron chi connectivity index (χ4n) is 1.94. The van der Waals surface area contributed by atoms with Gasteiger partial charge in [0.1, 0.15) is 5.60 Å². The number of rotatable bonds is 2. The summed E-state index contributed by atoms with van der Waals surface area (Å²) in [4.78, 5) is 33.5. The largest absolute Gasteiger partial charge is 0.444 e. The molecule has 3 N–H and O–H groups in total. The minimum absolute atomic E-state index is 0.0981. The van der Waals surface area contributed by atoms with Crippen LogP contribution in [0.1, 0.15) is 20.8 Å². The molecule has 1 aliphatic heterocycles. The number of nitrogen functional groups attached to an aromatic ring is 1. The van der Waals surface area contributed by atoms with Gasteiger partial charge in [0.25, 0.3) is 5.91 Å². The zero-order chi connectivity index (χ0) is 17.0. The number of hydrogen-bond acceptors (Lipinski definition) is 7. The van der Waals surface area contributed by atoms with Crippen molar-refractivity contribution in [2.75, 3.05) is 30.7 Å². The minimum atomic E-state index is -0.822. The number of nitrogens with two attached hydrogens (primary N) is 1. The van der Waals surface area contributed by atoms with E-state index in [9.17, 15) is 9.59 Å². The Balaban J connectivity index is 1.96. The molecule has 0 radical (unpaired) electrons. The number of nitrogens with one attached hydrogen (secondary N) is 1. The van der Waals surface area contributed by atoms with Crippen LogP contribution in [-0.4, -0.2) is 58.3 Å². The molecule has 0 spiro atoms. The number of morpholine rings is 1. The first-order valence-corrected chi connectivity index (χ1v) is 7.23. The molecule has 1 atom stereocenters. The summed E-state index contributed by atoms with van der Waals surface area (Å²) in [6.07, 6.45) is 1.54. The lowest BCUT2D eigenvalue weighted by atomic mass is 10.2. The number of anilines is 2. The molecule has 1 aliphatic rings. The van der Waals surface area contributed by atoms with Gasteiger partial charge >= 0.3 is 6.09 Å². The van der Waals surface area contributed by atoms with E-state index in [-0.39, 0.29) is 24.8 Å². The Morgan fingerprint density at radius 3 is 2.74 bits per heavy atom. The molecule has 1 aromatic rings. The van der Waals surface area contributed by atoms with Gasteiger partial charge in [-0.1, -0.05) is 0 Å². The molecule has 0 aromatic carbocycles. The molecule has 23 heavy (non-hydrogen) atoms. The lowest BCUT2D eigenvalue weighted by molar-refractivity contribution is -0.132. The molecule has 0 bridgehead atoms. The van der Waals surface area contributed by atoms with Gasteiger partial charge in [-0.2, -0.15) is 0 Å². The fourth-order valence-corrected chi connectivity index (χ4v) is 1.94. The molecular weight excluding hydrogens is 302 g/mol. The number of hydrogen-bond donors (Lipinski definition) is 2. The topological polar surface area (TPSA) is 120 Å². The Bertz CT molecular complexity index is 587. The molecule has 2 rings (SSSR count). The van der Waals surface area contributed by atoms with Crippen molar-refractivity contribution in [1.82, 2.24) is 14.9 Å². The van der Waals surface area contributed by atoms with Crippen LogP contribution in [0.2, 0.25) is 0 Å². The Morgan fingerprint density at radius 2 is 2.09 bits per heavy atom. The molecule has 2 heterocycles.